The number of rotatable bonds is 8. The highest BCUT2D eigenvalue weighted by Gasteiger charge is 2.20. The van der Waals surface area contributed by atoms with Gasteiger partial charge in [0.25, 0.3) is 5.56 Å². The molecule has 0 aliphatic rings. The number of carbonyl (C=O) groups excluding carboxylic acids is 2. The second kappa shape index (κ2) is 9.88. The SMILES string of the molecule is CC(C)OC(=O)CC(NC(=O)CCn1c(=O)[nH]c(=O)c2ccccc21)c1ccccc1. The van der Waals surface area contributed by atoms with Crippen molar-refractivity contribution < 1.29 is 14.3 Å². The first-order chi connectivity index (χ1) is 14.8. The monoisotopic (exact) mass is 423 g/mol. The molecule has 31 heavy (non-hydrogen) atoms. The van der Waals surface area contributed by atoms with Gasteiger partial charge in [0, 0.05) is 13.0 Å². The number of para-hydroxylation sites is 1. The molecule has 0 saturated heterocycles. The number of hydrogen-bond acceptors (Lipinski definition) is 5. The van der Waals surface area contributed by atoms with Gasteiger partial charge in [-0.05, 0) is 31.5 Å². The van der Waals surface area contributed by atoms with Crippen LogP contribution in [-0.4, -0.2) is 27.5 Å². The molecule has 162 valence electrons. The van der Waals surface area contributed by atoms with Gasteiger partial charge in [-0.2, -0.15) is 0 Å². The molecule has 0 spiro atoms. The Kier molecular flexibility index (Phi) is 7.02. The van der Waals surface area contributed by atoms with Crippen LogP contribution < -0.4 is 16.6 Å². The van der Waals surface area contributed by atoms with E-state index in [1.165, 1.54) is 4.57 Å². The minimum Gasteiger partial charge on any atom is -0.463 e. The second-order valence-corrected chi connectivity index (χ2v) is 7.45. The summed E-state index contributed by atoms with van der Waals surface area (Å²) >= 11 is 0. The zero-order valence-corrected chi connectivity index (χ0v) is 17.5. The number of esters is 1. The minimum absolute atomic E-state index is 0.00148. The molecular weight excluding hydrogens is 398 g/mol. The van der Waals surface area contributed by atoms with Crippen LogP contribution in [0.25, 0.3) is 10.9 Å². The molecule has 1 atom stereocenters. The van der Waals surface area contributed by atoms with Gasteiger partial charge in [-0.3, -0.25) is 23.9 Å². The molecule has 3 rings (SSSR count). The lowest BCUT2D eigenvalue weighted by molar-refractivity contribution is -0.148. The number of aromatic nitrogens is 2. The van der Waals surface area contributed by atoms with E-state index < -0.39 is 23.3 Å². The van der Waals surface area contributed by atoms with Gasteiger partial charge in [-0.15, -0.1) is 0 Å². The predicted octanol–water partition coefficient (Wildman–Crippen LogP) is 2.28. The van der Waals surface area contributed by atoms with E-state index in [2.05, 4.69) is 10.3 Å². The molecule has 0 aliphatic heterocycles. The summed E-state index contributed by atoms with van der Waals surface area (Å²) in [5, 5.41) is 3.24. The molecular formula is C23H25N3O5. The topological polar surface area (TPSA) is 110 Å². The fourth-order valence-electron chi connectivity index (χ4n) is 3.36. The Hall–Kier alpha value is -3.68. The Bertz CT molecular complexity index is 1180. The first kappa shape index (κ1) is 22.0. The number of nitrogens with one attached hydrogen (secondary N) is 2. The van der Waals surface area contributed by atoms with E-state index in [1.54, 1.807) is 38.1 Å². The molecule has 8 nitrogen and oxygen atoms in total. The van der Waals surface area contributed by atoms with Crippen LogP contribution in [0, 0.1) is 0 Å². The zero-order chi connectivity index (χ0) is 22.4. The highest BCUT2D eigenvalue weighted by atomic mass is 16.5. The van der Waals surface area contributed by atoms with Gasteiger partial charge in [0.1, 0.15) is 0 Å². The lowest BCUT2D eigenvalue weighted by Gasteiger charge is -2.20. The standard InChI is InChI=1S/C23H25N3O5/c1-15(2)31-21(28)14-18(16-8-4-3-5-9-16)24-20(27)12-13-26-19-11-7-6-10-17(19)22(29)25-23(26)30/h3-11,15,18H,12-14H2,1-2H3,(H,24,27)(H,25,29,30). The summed E-state index contributed by atoms with van der Waals surface area (Å²) in [5.74, 6) is -0.736. The van der Waals surface area contributed by atoms with Gasteiger partial charge >= 0.3 is 11.7 Å². The smallest absolute Gasteiger partial charge is 0.328 e. The molecule has 0 saturated carbocycles. The fourth-order valence-corrected chi connectivity index (χ4v) is 3.36. The summed E-state index contributed by atoms with van der Waals surface area (Å²) in [7, 11) is 0. The van der Waals surface area contributed by atoms with Crippen molar-refractivity contribution in [1.82, 2.24) is 14.9 Å². The lowest BCUT2D eigenvalue weighted by Crippen LogP contribution is -2.34. The molecule has 8 heteroatoms. The number of amides is 1. The molecule has 0 aliphatic carbocycles. The van der Waals surface area contributed by atoms with Crippen molar-refractivity contribution in [3.8, 4) is 0 Å². The van der Waals surface area contributed by atoms with Crippen LogP contribution in [0.3, 0.4) is 0 Å². The third kappa shape index (κ3) is 5.69. The Morgan fingerprint density at radius 2 is 1.71 bits per heavy atom. The van der Waals surface area contributed by atoms with Gasteiger partial charge in [-0.1, -0.05) is 42.5 Å². The van der Waals surface area contributed by atoms with Crippen LogP contribution >= 0.6 is 0 Å². The Morgan fingerprint density at radius 3 is 2.42 bits per heavy atom. The highest BCUT2D eigenvalue weighted by Crippen LogP contribution is 2.18. The van der Waals surface area contributed by atoms with Gasteiger partial charge in [0.2, 0.25) is 5.91 Å². The van der Waals surface area contributed by atoms with Gasteiger partial charge in [-0.25, -0.2) is 4.79 Å². The Morgan fingerprint density at radius 1 is 1.03 bits per heavy atom. The maximum atomic E-state index is 12.7. The number of fused-ring (bicyclic) bond motifs is 1. The van der Waals surface area contributed by atoms with Crippen molar-refractivity contribution in [3.63, 3.8) is 0 Å². The summed E-state index contributed by atoms with van der Waals surface area (Å²) in [6.45, 7) is 3.61. The predicted molar refractivity (Wildman–Crippen MR) is 117 cm³/mol. The third-order valence-electron chi connectivity index (χ3n) is 4.74. The van der Waals surface area contributed by atoms with Crippen molar-refractivity contribution >= 4 is 22.8 Å². The molecule has 1 aromatic heterocycles. The summed E-state index contributed by atoms with van der Waals surface area (Å²) in [5.41, 5.74) is 0.207. The number of hydrogen-bond donors (Lipinski definition) is 2. The van der Waals surface area contributed by atoms with Crippen molar-refractivity contribution in [2.75, 3.05) is 0 Å². The van der Waals surface area contributed by atoms with E-state index in [9.17, 15) is 19.2 Å². The molecule has 2 aromatic carbocycles. The normalized spacial score (nSPS) is 12.0. The van der Waals surface area contributed by atoms with Crippen LogP contribution in [-0.2, 0) is 20.9 Å². The number of H-pyrrole nitrogens is 1. The van der Waals surface area contributed by atoms with Crippen LogP contribution in [0.15, 0.2) is 64.2 Å². The maximum Gasteiger partial charge on any atom is 0.328 e. The number of aromatic amines is 1. The van der Waals surface area contributed by atoms with E-state index in [0.717, 1.165) is 5.56 Å². The number of aryl methyl sites for hydroxylation is 1. The van der Waals surface area contributed by atoms with E-state index in [0.29, 0.717) is 10.9 Å². The largest absolute Gasteiger partial charge is 0.463 e. The molecule has 1 heterocycles. The number of carbonyl (C=O) groups is 2. The van der Waals surface area contributed by atoms with Gasteiger partial charge in [0.05, 0.1) is 29.5 Å². The van der Waals surface area contributed by atoms with Crippen LogP contribution in [0.4, 0.5) is 0 Å². The van der Waals surface area contributed by atoms with Crippen LogP contribution in [0.5, 0.6) is 0 Å². The van der Waals surface area contributed by atoms with E-state index in [-0.39, 0.29) is 31.4 Å². The van der Waals surface area contributed by atoms with E-state index >= 15 is 0 Å². The van der Waals surface area contributed by atoms with Crippen molar-refractivity contribution in [1.29, 1.82) is 0 Å². The van der Waals surface area contributed by atoms with Gasteiger partial charge in [0.15, 0.2) is 0 Å². The second-order valence-electron chi connectivity index (χ2n) is 7.45. The Balaban J connectivity index is 1.75. The first-order valence-corrected chi connectivity index (χ1v) is 10.1. The molecule has 1 unspecified atom stereocenters. The summed E-state index contributed by atoms with van der Waals surface area (Å²) in [4.78, 5) is 51.4. The molecule has 0 bridgehead atoms. The first-order valence-electron chi connectivity index (χ1n) is 10.1. The van der Waals surface area contributed by atoms with Gasteiger partial charge < -0.3 is 10.1 Å². The fraction of sp³-hybridized carbons (Fsp3) is 0.304. The molecule has 1 amide bonds. The third-order valence-corrected chi connectivity index (χ3v) is 4.74. The van der Waals surface area contributed by atoms with Crippen molar-refractivity contribution in [2.24, 2.45) is 0 Å². The lowest BCUT2D eigenvalue weighted by atomic mass is 10.0. The zero-order valence-electron chi connectivity index (χ0n) is 17.5. The average Bonchev–Trinajstić information content (AvgIpc) is 2.73. The highest BCUT2D eigenvalue weighted by molar-refractivity contribution is 5.79. The minimum atomic E-state index is -0.573. The Labute approximate surface area is 178 Å². The summed E-state index contributed by atoms with van der Waals surface area (Å²) in [6, 6.07) is 15.3. The summed E-state index contributed by atoms with van der Waals surface area (Å²) in [6.07, 6.45) is -0.256. The average molecular weight is 423 g/mol. The maximum absolute atomic E-state index is 12.7. The van der Waals surface area contributed by atoms with E-state index in [1.807, 2.05) is 30.3 Å². The summed E-state index contributed by atoms with van der Waals surface area (Å²) < 4.78 is 6.58. The number of benzene rings is 2. The van der Waals surface area contributed by atoms with Crippen LogP contribution in [0.1, 0.15) is 38.3 Å². The van der Waals surface area contributed by atoms with Crippen LogP contribution in [0.2, 0.25) is 0 Å². The van der Waals surface area contributed by atoms with E-state index in [4.69, 9.17) is 4.74 Å². The molecule has 2 N–H and O–H groups in total. The quantitative estimate of drug-likeness (QED) is 0.540. The van der Waals surface area contributed by atoms with Crippen molar-refractivity contribution in [2.45, 2.75) is 45.4 Å². The molecule has 3 aromatic rings. The molecule has 0 radical (unpaired) electrons. The number of ether oxygens (including phenoxy) is 1. The number of nitrogens with zero attached hydrogens (tertiary/aromatic N) is 1. The molecule has 0 fully saturated rings. The van der Waals surface area contributed by atoms with Crippen molar-refractivity contribution in [3.05, 3.63) is 81.0 Å².